The highest BCUT2D eigenvalue weighted by Gasteiger charge is 2.54. The molecule has 3 N–H and O–H groups in total. The first kappa shape index (κ1) is 13.9. The predicted octanol–water partition coefficient (Wildman–Crippen LogP) is 0.296. The smallest absolute Gasteiger partial charge is 0.242 e. The molecule has 6 nitrogen and oxygen atoms in total. The van der Waals surface area contributed by atoms with Crippen LogP contribution in [-0.2, 0) is 19.0 Å². The van der Waals surface area contributed by atoms with Crippen molar-refractivity contribution < 1.29 is 19.0 Å². The normalized spacial score (nSPS) is 32.8. The average molecular weight is 296 g/mol. The lowest BCUT2D eigenvalue weighted by molar-refractivity contribution is -0.202. The van der Waals surface area contributed by atoms with Gasteiger partial charge in [-0.25, -0.2) is 0 Å². The van der Waals surface area contributed by atoms with Crippen molar-refractivity contribution in [3.05, 3.63) is 0 Å². The first-order valence-corrected chi connectivity index (χ1v) is 7.99. The van der Waals surface area contributed by atoms with Crippen LogP contribution in [0.4, 0.5) is 0 Å². The van der Waals surface area contributed by atoms with E-state index in [1.165, 1.54) is 0 Å². The minimum Gasteiger partial charge on any atom is -0.376 e. The Hall–Kier alpha value is -0.690. The summed E-state index contributed by atoms with van der Waals surface area (Å²) in [6.07, 6.45) is 6.57. The van der Waals surface area contributed by atoms with Crippen molar-refractivity contribution in [1.29, 1.82) is 0 Å². The van der Waals surface area contributed by atoms with Crippen LogP contribution in [0.5, 0.6) is 0 Å². The highest BCUT2D eigenvalue weighted by molar-refractivity contribution is 5.86. The molecule has 2 heterocycles. The van der Waals surface area contributed by atoms with Gasteiger partial charge in [0.15, 0.2) is 5.79 Å². The molecule has 2 saturated heterocycles. The summed E-state index contributed by atoms with van der Waals surface area (Å²) in [4.78, 5) is 11.6. The van der Waals surface area contributed by atoms with E-state index >= 15 is 0 Å². The Morgan fingerprint density at radius 3 is 2.14 bits per heavy atom. The van der Waals surface area contributed by atoms with Gasteiger partial charge in [-0.3, -0.25) is 10.1 Å². The fraction of sp³-hybridized carbons (Fsp3) is 0.933. The molecular formula is C15H24N2O4. The molecule has 0 aromatic rings. The maximum atomic E-state index is 11.6. The molecule has 0 atom stereocenters. The van der Waals surface area contributed by atoms with Crippen LogP contribution in [0.1, 0.15) is 38.5 Å². The Balaban J connectivity index is 1.30. The number of primary amides is 1. The number of nitrogens with two attached hydrogens (primary N) is 1. The number of ether oxygens (including phenoxy) is 3. The molecule has 4 aliphatic rings. The van der Waals surface area contributed by atoms with Crippen LogP contribution < -0.4 is 11.1 Å². The molecule has 4 rings (SSSR count). The molecule has 0 bridgehead atoms. The van der Waals surface area contributed by atoms with Gasteiger partial charge in [0, 0.05) is 18.9 Å². The van der Waals surface area contributed by atoms with Crippen LogP contribution in [0.25, 0.3) is 0 Å². The van der Waals surface area contributed by atoms with Crippen molar-refractivity contribution in [3.8, 4) is 0 Å². The fourth-order valence-electron chi connectivity index (χ4n) is 4.44. The summed E-state index contributed by atoms with van der Waals surface area (Å²) in [5.41, 5.74) is 5.30. The Morgan fingerprint density at radius 1 is 1.05 bits per heavy atom. The van der Waals surface area contributed by atoms with Crippen molar-refractivity contribution in [2.45, 2.75) is 55.9 Å². The number of amides is 1. The minimum atomic E-state index is -0.611. The molecule has 2 spiro atoms. The number of carbonyl (C=O) groups excluding carboxylic acids is 1. The first-order valence-electron chi connectivity index (χ1n) is 7.99. The Kier molecular flexibility index (Phi) is 3.09. The summed E-state index contributed by atoms with van der Waals surface area (Å²) in [6, 6.07) is 0.390. The third-order valence-electron chi connectivity index (χ3n) is 5.89. The van der Waals surface area contributed by atoms with Crippen LogP contribution in [0.2, 0.25) is 0 Å². The molecule has 0 aromatic heterocycles. The van der Waals surface area contributed by atoms with E-state index in [9.17, 15) is 4.79 Å². The Morgan fingerprint density at radius 2 is 1.67 bits per heavy atom. The van der Waals surface area contributed by atoms with Gasteiger partial charge in [0.25, 0.3) is 0 Å². The van der Waals surface area contributed by atoms with Crippen molar-refractivity contribution in [1.82, 2.24) is 5.32 Å². The lowest BCUT2D eigenvalue weighted by Gasteiger charge is -2.55. The first-order chi connectivity index (χ1) is 10.1. The van der Waals surface area contributed by atoms with Gasteiger partial charge < -0.3 is 19.9 Å². The number of hydrogen-bond donors (Lipinski definition) is 2. The fourth-order valence-corrected chi connectivity index (χ4v) is 4.44. The quantitative estimate of drug-likeness (QED) is 0.782. The third-order valence-corrected chi connectivity index (χ3v) is 5.89. The van der Waals surface area contributed by atoms with Gasteiger partial charge in [-0.05, 0) is 31.1 Å². The molecule has 0 radical (unpaired) electrons. The zero-order valence-corrected chi connectivity index (χ0v) is 12.4. The van der Waals surface area contributed by atoms with Crippen LogP contribution in [0.3, 0.4) is 0 Å². The summed E-state index contributed by atoms with van der Waals surface area (Å²) in [6.45, 7) is 2.30. The molecule has 2 aliphatic heterocycles. The van der Waals surface area contributed by atoms with Crippen molar-refractivity contribution in [2.75, 3.05) is 26.4 Å². The van der Waals surface area contributed by atoms with E-state index < -0.39 is 5.54 Å². The Bertz CT molecular complexity index is 425. The highest BCUT2D eigenvalue weighted by atomic mass is 16.7. The summed E-state index contributed by atoms with van der Waals surface area (Å²) >= 11 is 0. The molecular weight excluding hydrogens is 272 g/mol. The maximum Gasteiger partial charge on any atom is 0.242 e. The number of hydrogen-bond acceptors (Lipinski definition) is 5. The van der Waals surface area contributed by atoms with Gasteiger partial charge in [-0.1, -0.05) is 0 Å². The lowest BCUT2D eigenvalue weighted by Crippen LogP contribution is -2.72. The monoisotopic (exact) mass is 296 g/mol. The van der Waals surface area contributed by atoms with Crippen molar-refractivity contribution >= 4 is 5.91 Å². The molecule has 2 saturated carbocycles. The summed E-state index contributed by atoms with van der Waals surface area (Å²) in [7, 11) is 0. The van der Waals surface area contributed by atoms with Crippen LogP contribution in [0.15, 0.2) is 0 Å². The van der Waals surface area contributed by atoms with E-state index in [2.05, 4.69) is 5.32 Å². The van der Waals surface area contributed by atoms with Crippen LogP contribution in [-0.4, -0.2) is 49.7 Å². The summed E-state index contributed by atoms with van der Waals surface area (Å²) in [5.74, 6) is -0.565. The van der Waals surface area contributed by atoms with Gasteiger partial charge in [-0.2, -0.15) is 0 Å². The minimum absolute atomic E-state index is 0.278. The van der Waals surface area contributed by atoms with Crippen molar-refractivity contribution in [2.24, 2.45) is 11.1 Å². The standard InChI is InChI=1S/C15H24N2O4/c16-12(18)14(9-19-10-14)17-11-7-13(8-11)1-3-15(4-2-13)20-5-6-21-15/h11,17H,1-10H2,(H2,16,18). The van der Waals surface area contributed by atoms with E-state index in [-0.39, 0.29) is 11.7 Å². The van der Waals surface area contributed by atoms with Crippen LogP contribution >= 0.6 is 0 Å². The van der Waals surface area contributed by atoms with Gasteiger partial charge >= 0.3 is 0 Å². The lowest BCUT2D eigenvalue weighted by atomic mass is 9.57. The zero-order chi connectivity index (χ0) is 14.6. The number of rotatable bonds is 3. The van der Waals surface area contributed by atoms with E-state index in [1.54, 1.807) is 0 Å². The van der Waals surface area contributed by atoms with E-state index in [0.717, 1.165) is 51.7 Å². The average Bonchev–Trinajstić information content (AvgIpc) is 2.82. The highest BCUT2D eigenvalue weighted by Crippen LogP contribution is 2.55. The second kappa shape index (κ2) is 4.65. The zero-order valence-electron chi connectivity index (χ0n) is 12.4. The van der Waals surface area contributed by atoms with Gasteiger partial charge in [0.1, 0.15) is 5.54 Å². The molecule has 6 heteroatoms. The molecule has 21 heavy (non-hydrogen) atoms. The summed E-state index contributed by atoms with van der Waals surface area (Å²) in [5, 5.41) is 3.44. The van der Waals surface area contributed by atoms with Gasteiger partial charge in [0.2, 0.25) is 5.91 Å². The maximum absolute atomic E-state index is 11.6. The SMILES string of the molecule is NC(=O)C1(NC2CC3(CCC4(CC3)OCCO4)C2)COC1. The van der Waals surface area contributed by atoms with Crippen LogP contribution in [0, 0.1) is 5.41 Å². The van der Waals surface area contributed by atoms with Gasteiger partial charge in [0.05, 0.1) is 26.4 Å². The Labute approximate surface area is 124 Å². The second-order valence-corrected chi connectivity index (χ2v) is 7.30. The number of nitrogens with one attached hydrogen (secondary N) is 1. The molecule has 0 unspecified atom stereocenters. The van der Waals surface area contributed by atoms with E-state index in [4.69, 9.17) is 19.9 Å². The molecule has 118 valence electrons. The second-order valence-electron chi connectivity index (χ2n) is 7.30. The van der Waals surface area contributed by atoms with E-state index in [0.29, 0.717) is 24.7 Å². The molecule has 0 aromatic carbocycles. The molecule has 2 aliphatic carbocycles. The van der Waals surface area contributed by atoms with Gasteiger partial charge in [-0.15, -0.1) is 0 Å². The molecule has 1 amide bonds. The summed E-state index contributed by atoms with van der Waals surface area (Å²) < 4.78 is 16.8. The molecule has 4 fully saturated rings. The van der Waals surface area contributed by atoms with Crippen molar-refractivity contribution in [3.63, 3.8) is 0 Å². The number of carbonyl (C=O) groups is 1. The third kappa shape index (κ3) is 2.20. The topological polar surface area (TPSA) is 82.8 Å². The predicted molar refractivity (Wildman–Crippen MR) is 74.4 cm³/mol. The largest absolute Gasteiger partial charge is 0.376 e. The van der Waals surface area contributed by atoms with E-state index in [1.807, 2.05) is 0 Å².